The van der Waals surface area contributed by atoms with Gasteiger partial charge in [-0.3, -0.25) is 4.79 Å². The van der Waals surface area contributed by atoms with Gasteiger partial charge in [0.2, 0.25) is 0 Å². The minimum Gasteiger partial charge on any atom is -0.481 e. The molecule has 1 heterocycles. The number of aliphatic hydroxyl groups excluding tert-OH is 1. The molecule has 1 aromatic rings. The van der Waals surface area contributed by atoms with E-state index in [4.69, 9.17) is 5.11 Å². The van der Waals surface area contributed by atoms with Crippen LogP contribution in [0, 0.1) is 0 Å². The number of anilines is 1. The Kier molecular flexibility index (Phi) is 4.00. The fraction of sp³-hybridized carbons (Fsp3) is 0.444. The van der Waals surface area contributed by atoms with Crippen LogP contribution >= 0.6 is 0 Å². The largest absolute Gasteiger partial charge is 0.481 e. The number of H-pyrrole nitrogens is 1. The van der Waals surface area contributed by atoms with Crippen LogP contribution in [0.2, 0.25) is 0 Å². The average Bonchev–Trinajstić information content (AvgIpc) is 2.63. The highest BCUT2D eigenvalue weighted by Gasteiger charge is 2.06. The van der Waals surface area contributed by atoms with Crippen LogP contribution in [0.25, 0.3) is 0 Å². The van der Waals surface area contributed by atoms with Gasteiger partial charge in [0.05, 0.1) is 6.10 Å². The van der Waals surface area contributed by atoms with Crippen molar-refractivity contribution in [2.24, 2.45) is 0 Å². The average molecular weight is 198 g/mol. The summed E-state index contributed by atoms with van der Waals surface area (Å²) in [7, 11) is 0. The molecule has 4 N–H and O–H groups in total. The highest BCUT2D eigenvalue weighted by Crippen LogP contribution is 2.03. The summed E-state index contributed by atoms with van der Waals surface area (Å²) in [4.78, 5) is 13.1. The summed E-state index contributed by atoms with van der Waals surface area (Å²) in [5.74, 6) is -0.0664. The van der Waals surface area contributed by atoms with Crippen molar-refractivity contribution in [3.05, 3.63) is 18.3 Å². The summed E-state index contributed by atoms with van der Waals surface area (Å²) in [6.45, 7) is 0.355. The molecule has 1 atom stereocenters. The van der Waals surface area contributed by atoms with Crippen LogP contribution in [0.3, 0.4) is 0 Å². The number of aromatic nitrogens is 1. The number of carbonyl (C=O) groups is 1. The predicted octanol–water partition coefficient (Wildman–Crippen LogP) is 0.652. The lowest BCUT2D eigenvalue weighted by Gasteiger charge is -2.10. The monoisotopic (exact) mass is 198 g/mol. The molecular weight excluding hydrogens is 184 g/mol. The minimum absolute atomic E-state index is 0.00638. The molecule has 5 heteroatoms. The third kappa shape index (κ3) is 3.95. The Morgan fingerprint density at radius 3 is 3.00 bits per heavy atom. The number of carboxylic acids is 1. The van der Waals surface area contributed by atoms with Crippen LogP contribution in [0.1, 0.15) is 12.8 Å². The van der Waals surface area contributed by atoms with Crippen LogP contribution < -0.4 is 5.32 Å². The third-order valence-electron chi connectivity index (χ3n) is 1.82. The number of nitrogens with one attached hydrogen (secondary N) is 2. The van der Waals surface area contributed by atoms with E-state index in [9.17, 15) is 9.90 Å². The van der Waals surface area contributed by atoms with Gasteiger partial charge in [-0.1, -0.05) is 0 Å². The normalized spacial score (nSPS) is 12.4. The van der Waals surface area contributed by atoms with Gasteiger partial charge in [0, 0.05) is 19.2 Å². The highest BCUT2D eigenvalue weighted by molar-refractivity contribution is 5.66. The molecule has 0 aliphatic rings. The van der Waals surface area contributed by atoms with Crippen molar-refractivity contribution in [3.8, 4) is 0 Å². The number of aliphatic carboxylic acids is 1. The summed E-state index contributed by atoms with van der Waals surface area (Å²) in [5, 5.41) is 20.7. The van der Waals surface area contributed by atoms with Crippen molar-refractivity contribution in [2.45, 2.75) is 18.9 Å². The number of hydrogen-bond acceptors (Lipinski definition) is 3. The third-order valence-corrected chi connectivity index (χ3v) is 1.82. The van der Waals surface area contributed by atoms with Crippen molar-refractivity contribution in [1.29, 1.82) is 0 Å². The van der Waals surface area contributed by atoms with E-state index in [2.05, 4.69) is 10.3 Å². The van der Waals surface area contributed by atoms with Gasteiger partial charge in [-0.15, -0.1) is 0 Å². The second-order valence-corrected chi connectivity index (χ2v) is 3.05. The fourth-order valence-electron chi connectivity index (χ4n) is 1.06. The molecule has 0 aliphatic heterocycles. The molecule has 0 radical (unpaired) electrons. The Morgan fingerprint density at radius 1 is 1.64 bits per heavy atom. The Labute approximate surface area is 81.8 Å². The van der Waals surface area contributed by atoms with Gasteiger partial charge >= 0.3 is 5.97 Å². The van der Waals surface area contributed by atoms with Crippen LogP contribution in [0.5, 0.6) is 0 Å². The molecule has 14 heavy (non-hydrogen) atoms. The maximum absolute atomic E-state index is 10.2. The lowest BCUT2D eigenvalue weighted by atomic mass is 10.2. The van der Waals surface area contributed by atoms with E-state index in [0.717, 1.165) is 5.82 Å². The second kappa shape index (κ2) is 5.29. The molecule has 0 aliphatic carbocycles. The van der Waals surface area contributed by atoms with Gasteiger partial charge in [0.15, 0.2) is 0 Å². The molecule has 5 nitrogen and oxygen atoms in total. The standard InChI is InChI=1S/C9H14N2O3/c12-7(3-4-9(13)14)6-11-8-2-1-5-10-8/h1-2,5,7,10-12H,3-4,6H2,(H,13,14). The van der Waals surface area contributed by atoms with Gasteiger partial charge in [0.25, 0.3) is 0 Å². The Morgan fingerprint density at radius 2 is 2.43 bits per heavy atom. The van der Waals surface area contributed by atoms with Gasteiger partial charge in [-0.05, 0) is 18.6 Å². The zero-order valence-corrected chi connectivity index (χ0v) is 7.73. The van der Waals surface area contributed by atoms with E-state index in [1.54, 1.807) is 6.20 Å². The van der Waals surface area contributed by atoms with Crippen LogP contribution in [0.15, 0.2) is 18.3 Å². The van der Waals surface area contributed by atoms with Crippen molar-refractivity contribution >= 4 is 11.8 Å². The summed E-state index contributed by atoms with van der Waals surface area (Å²) in [5.41, 5.74) is 0. The van der Waals surface area contributed by atoms with E-state index >= 15 is 0 Å². The molecule has 0 fully saturated rings. The van der Waals surface area contributed by atoms with Crippen molar-refractivity contribution in [1.82, 2.24) is 4.98 Å². The molecule has 0 amide bonds. The summed E-state index contributed by atoms with van der Waals surface area (Å²) < 4.78 is 0. The zero-order chi connectivity index (χ0) is 10.4. The van der Waals surface area contributed by atoms with E-state index in [1.165, 1.54) is 0 Å². The SMILES string of the molecule is O=C(O)CCC(O)CNc1ccc[nH]1. The van der Waals surface area contributed by atoms with Crippen LogP contribution in [-0.2, 0) is 4.79 Å². The molecule has 0 saturated carbocycles. The van der Waals surface area contributed by atoms with E-state index in [0.29, 0.717) is 6.54 Å². The maximum atomic E-state index is 10.2. The topological polar surface area (TPSA) is 85.3 Å². The van der Waals surface area contributed by atoms with E-state index in [1.807, 2.05) is 12.1 Å². The number of carboxylic acid groups (broad SMARTS) is 1. The quantitative estimate of drug-likeness (QED) is 0.540. The number of rotatable bonds is 6. The van der Waals surface area contributed by atoms with Crippen molar-refractivity contribution < 1.29 is 15.0 Å². The highest BCUT2D eigenvalue weighted by atomic mass is 16.4. The first kappa shape index (κ1) is 10.6. The molecule has 0 spiro atoms. The molecular formula is C9H14N2O3. The van der Waals surface area contributed by atoms with Gasteiger partial charge < -0.3 is 20.5 Å². The predicted molar refractivity (Wildman–Crippen MR) is 52.2 cm³/mol. The van der Waals surface area contributed by atoms with Crippen LogP contribution in [0.4, 0.5) is 5.82 Å². The molecule has 78 valence electrons. The van der Waals surface area contributed by atoms with E-state index in [-0.39, 0.29) is 12.8 Å². The Bertz CT molecular complexity index is 272. The first-order valence-corrected chi connectivity index (χ1v) is 4.45. The van der Waals surface area contributed by atoms with Gasteiger partial charge in [0.1, 0.15) is 5.82 Å². The number of aliphatic hydroxyl groups is 1. The Hall–Kier alpha value is -1.49. The molecule has 1 aromatic heterocycles. The molecule has 0 aromatic carbocycles. The summed E-state index contributed by atoms with van der Waals surface area (Å²) in [6, 6.07) is 3.68. The number of hydrogen-bond donors (Lipinski definition) is 4. The first-order valence-electron chi connectivity index (χ1n) is 4.45. The molecule has 0 saturated heterocycles. The molecule has 1 unspecified atom stereocenters. The smallest absolute Gasteiger partial charge is 0.303 e. The zero-order valence-electron chi connectivity index (χ0n) is 7.73. The fourth-order valence-corrected chi connectivity index (χ4v) is 1.06. The summed E-state index contributed by atoms with van der Waals surface area (Å²) >= 11 is 0. The Balaban J connectivity index is 2.15. The molecule has 1 rings (SSSR count). The lowest BCUT2D eigenvalue weighted by molar-refractivity contribution is -0.137. The van der Waals surface area contributed by atoms with Gasteiger partial charge in [-0.25, -0.2) is 0 Å². The minimum atomic E-state index is -0.885. The maximum Gasteiger partial charge on any atom is 0.303 e. The lowest BCUT2D eigenvalue weighted by Crippen LogP contribution is -2.20. The van der Waals surface area contributed by atoms with E-state index < -0.39 is 12.1 Å². The summed E-state index contributed by atoms with van der Waals surface area (Å²) in [6.07, 6.45) is 1.40. The molecule has 0 bridgehead atoms. The van der Waals surface area contributed by atoms with Gasteiger partial charge in [-0.2, -0.15) is 0 Å². The van der Waals surface area contributed by atoms with Crippen molar-refractivity contribution in [2.75, 3.05) is 11.9 Å². The second-order valence-electron chi connectivity index (χ2n) is 3.05. The number of aromatic amines is 1. The van der Waals surface area contributed by atoms with Crippen molar-refractivity contribution in [3.63, 3.8) is 0 Å². The van der Waals surface area contributed by atoms with Crippen LogP contribution in [-0.4, -0.2) is 33.8 Å². The first-order chi connectivity index (χ1) is 6.68.